The molecule has 2 amide bonds. The molecule has 0 aliphatic carbocycles. The highest BCUT2D eigenvalue weighted by molar-refractivity contribution is 7.91. The molecule has 3 N–H and O–H groups in total. The van der Waals surface area contributed by atoms with E-state index in [4.69, 9.17) is 0 Å². The summed E-state index contributed by atoms with van der Waals surface area (Å²) in [7, 11) is -3.90. The molecule has 0 spiro atoms. The molecule has 1 atom stereocenters. The van der Waals surface area contributed by atoms with E-state index in [1.165, 1.54) is 6.07 Å². The van der Waals surface area contributed by atoms with Crippen molar-refractivity contribution in [2.24, 2.45) is 0 Å². The van der Waals surface area contributed by atoms with Gasteiger partial charge in [0.15, 0.2) is 0 Å². The topological polar surface area (TPSA) is 134 Å². The fourth-order valence-electron chi connectivity index (χ4n) is 3.79. The summed E-state index contributed by atoms with van der Waals surface area (Å²) in [5.74, 6) is -5.62. The molecule has 0 radical (unpaired) electrons. The van der Waals surface area contributed by atoms with Gasteiger partial charge in [-0.25, -0.2) is 21.9 Å². The quantitative estimate of drug-likeness (QED) is 0.170. The number of halogens is 2. The van der Waals surface area contributed by atoms with Gasteiger partial charge in [0, 0.05) is 25.7 Å². The van der Waals surface area contributed by atoms with E-state index in [0.717, 1.165) is 29.5 Å². The fourth-order valence-corrected chi connectivity index (χ4v) is 6.15. The summed E-state index contributed by atoms with van der Waals surface area (Å²) in [4.78, 5) is 43.1. The number of rotatable bonds is 12. The van der Waals surface area contributed by atoms with Crippen LogP contribution in [-0.4, -0.2) is 50.1 Å². The summed E-state index contributed by atoms with van der Waals surface area (Å²) in [6.07, 6.45) is 1.47. The van der Waals surface area contributed by atoms with Crippen LogP contribution in [0.5, 0.6) is 0 Å². The Hall–Kier alpha value is -4.33. The minimum absolute atomic E-state index is 0.0477. The van der Waals surface area contributed by atoms with Gasteiger partial charge in [0.1, 0.15) is 27.4 Å². The molecule has 0 bridgehead atoms. The van der Waals surface area contributed by atoms with Crippen LogP contribution in [0.2, 0.25) is 0 Å². The molecule has 0 saturated carbocycles. The monoisotopic (exact) mass is 598 g/mol. The zero-order valence-corrected chi connectivity index (χ0v) is 23.0. The SMILES string of the molecule is O=C(NCCNS(=O)(=O)c1ccc(-c2ccccn2)s1)C(=O)[C@H](Cc1ccccc1)NC(=O)c1c(F)cccc1F. The Kier molecular flexibility index (Phi) is 9.65. The number of benzene rings is 2. The lowest BCUT2D eigenvalue weighted by molar-refractivity contribution is -0.138. The third-order valence-corrected chi connectivity index (χ3v) is 8.84. The normalized spacial score (nSPS) is 12.0. The summed E-state index contributed by atoms with van der Waals surface area (Å²) in [6.45, 7) is -0.468. The van der Waals surface area contributed by atoms with Crippen molar-refractivity contribution in [2.75, 3.05) is 13.1 Å². The predicted octanol–water partition coefficient (Wildman–Crippen LogP) is 3.09. The van der Waals surface area contributed by atoms with Crippen molar-refractivity contribution < 1.29 is 31.6 Å². The van der Waals surface area contributed by atoms with Crippen molar-refractivity contribution in [1.29, 1.82) is 0 Å². The van der Waals surface area contributed by atoms with Crippen molar-refractivity contribution in [2.45, 2.75) is 16.7 Å². The van der Waals surface area contributed by atoms with Crippen molar-refractivity contribution >= 4 is 39.0 Å². The summed E-state index contributed by atoms with van der Waals surface area (Å²) in [5.41, 5.74) is 0.328. The van der Waals surface area contributed by atoms with E-state index in [9.17, 15) is 31.6 Å². The lowest BCUT2D eigenvalue weighted by atomic mass is 10.0. The molecule has 212 valence electrons. The van der Waals surface area contributed by atoms with E-state index < -0.39 is 50.9 Å². The first-order valence-electron chi connectivity index (χ1n) is 12.3. The van der Waals surface area contributed by atoms with Crippen LogP contribution < -0.4 is 15.4 Å². The smallest absolute Gasteiger partial charge is 0.289 e. The number of nitrogens with zero attached hydrogens (tertiary/aromatic N) is 1. The zero-order valence-electron chi connectivity index (χ0n) is 21.3. The first kappa shape index (κ1) is 29.6. The number of aromatic nitrogens is 1. The van der Waals surface area contributed by atoms with Crippen molar-refractivity contribution in [3.8, 4) is 10.6 Å². The standard InChI is InChI=1S/C28H24F2N4O5S2/c29-19-9-6-10-20(30)25(19)27(36)34-22(17-18-7-2-1-3-8-18)26(35)28(37)32-15-16-33-41(38,39)24-13-12-23(40-24)21-11-4-5-14-31-21/h1-14,22,33H,15-17H2,(H,32,37)(H,34,36)/t22-/m0/s1. The van der Waals surface area contributed by atoms with Gasteiger partial charge in [-0.3, -0.25) is 19.4 Å². The maximum absolute atomic E-state index is 14.1. The third kappa shape index (κ3) is 7.66. The number of carbonyl (C=O) groups excluding carboxylic acids is 3. The van der Waals surface area contributed by atoms with Gasteiger partial charge in [0.05, 0.1) is 10.6 Å². The van der Waals surface area contributed by atoms with Gasteiger partial charge in [0.2, 0.25) is 15.8 Å². The van der Waals surface area contributed by atoms with Gasteiger partial charge in [-0.15, -0.1) is 11.3 Å². The molecule has 4 rings (SSSR count). The van der Waals surface area contributed by atoms with Crippen molar-refractivity contribution in [3.05, 3.63) is 108 Å². The Morgan fingerprint density at radius 2 is 1.56 bits per heavy atom. The average Bonchev–Trinajstić information content (AvgIpc) is 3.47. The van der Waals surface area contributed by atoms with E-state index in [1.807, 2.05) is 0 Å². The van der Waals surface area contributed by atoms with Gasteiger partial charge >= 0.3 is 0 Å². The Balaban J connectivity index is 1.37. The van der Waals surface area contributed by atoms with Crippen LogP contribution in [-0.2, 0) is 26.0 Å². The summed E-state index contributed by atoms with van der Waals surface area (Å²) >= 11 is 1.02. The van der Waals surface area contributed by atoms with Gasteiger partial charge in [-0.1, -0.05) is 42.5 Å². The number of hydrogen-bond donors (Lipinski definition) is 3. The highest BCUT2D eigenvalue weighted by atomic mass is 32.2. The summed E-state index contributed by atoms with van der Waals surface area (Å²) in [5, 5.41) is 4.57. The number of sulfonamides is 1. The van der Waals surface area contributed by atoms with Gasteiger partial charge < -0.3 is 10.6 Å². The molecule has 2 aromatic heterocycles. The van der Waals surface area contributed by atoms with E-state index >= 15 is 0 Å². The molecule has 0 unspecified atom stereocenters. The number of Topliss-reactive ketones (excluding diaryl/α,β-unsaturated/α-hetero) is 1. The number of pyridine rings is 1. The molecular weight excluding hydrogens is 574 g/mol. The molecule has 41 heavy (non-hydrogen) atoms. The van der Waals surface area contributed by atoms with Crippen LogP contribution in [0.1, 0.15) is 15.9 Å². The first-order chi connectivity index (χ1) is 19.7. The number of thiophene rings is 1. The minimum atomic E-state index is -3.90. The third-order valence-electron chi connectivity index (χ3n) is 5.78. The Bertz CT molecular complexity index is 1630. The molecule has 4 aromatic rings. The highest BCUT2D eigenvalue weighted by Crippen LogP contribution is 2.29. The maximum Gasteiger partial charge on any atom is 0.289 e. The highest BCUT2D eigenvalue weighted by Gasteiger charge is 2.29. The van der Waals surface area contributed by atoms with E-state index in [0.29, 0.717) is 16.1 Å². The molecular formula is C28H24F2N4O5S2. The second-order valence-corrected chi connectivity index (χ2v) is 11.7. The van der Waals surface area contributed by atoms with Gasteiger partial charge in [-0.05, 0) is 42.0 Å². The van der Waals surface area contributed by atoms with Crippen LogP contribution in [0.15, 0.2) is 89.3 Å². The lowest BCUT2D eigenvalue weighted by Gasteiger charge is -2.18. The van der Waals surface area contributed by atoms with Crippen LogP contribution >= 0.6 is 11.3 Å². The van der Waals surface area contributed by atoms with Gasteiger partial charge in [0.25, 0.3) is 11.8 Å². The molecule has 13 heteroatoms. The number of amides is 2. The van der Waals surface area contributed by atoms with Crippen LogP contribution in [0.3, 0.4) is 0 Å². The summed E-state index contributed by atoms with van der Waals surface area (Å²) in [6, 6.07) is 18.2. The molecule has 0 aliphatic rings. The van der Waals surface area contributed by atoms with Crippen molar-refractivity contribution in [3.63, 3.8) is 0 Å². The maximum atomic E-state index is 14.1. The Morgan fingerprint density at radius 1 is 0.854 bits per heavy atom. The Morgan fingerprint density at radius 3 is 2.24 bits per heavy atom. The first-order valence-corrected chi connectivity index (χ1v) is 14.6. The predicted molar refractivity (Wildman–Crippen MR) is 149 cm³/mol. The van der Waals surface area contributed by atoms with Crippen LogP contribution in [0, 0.1) is 11.6 Å². The van der Waals surface area contributed by atoms with Crippen LogP contribution in [0.4, 0.5) is 8.78 Å². The second-order valence-electron chi connectivity index (χ2n) is 8.66. The minimum Gasteiger partial charge on any atom is -0.348 e. The molecule has 9 nitrogen and oxygen atoms in total. The van der Waals surface area contributed by atoms with Gasteiger partial charge in [-0.2, -0.15) is 0 Å². The molecule has 2 heterocycles. The number of hydrogen-bond acceptors (Lipinski definition) is 7. The number of carbonyl (C=O) groups is 3. The molecule has 0 saturated heterocycles. The second kappa shape index (κ2) is 13.4. The average molecular weight is 599 g/mol. The lowest BCUT2D eigenvalue weighted by Crippen LogP contribution is -2.49. The van der Waals surface area contributed by atoms with E-state index in [-0.39, 0.29) is 23.7 Å². The fraction of sp³-hybridized carbons (Fsp3) is 0.143. The van der Waals surface area contributed by atoms with E-state index in [1.54, 1.807) is 60.8 Å². The largest absolute Gasteiger partial charge is 0.348 e. The number of nitrogens with one attached hydrogen (secondary N) is 3. The molecule has 0 aliphatic heterocycles. The number of ketones is 1. The summed E-state index contributed by atoms with van der Waals surface area (Å²) < 4.78 is 56.0. The van der Waals surface area contributed by atoms with Crippen LogP contribution in [0.25, 0.3) is 10.6 Å². The Labute approximate surface area is 238 Å². The molecule has 2 aromatic carbocycles. The molecule has 0 fully saturated rings. The van der Waals surface area contributed by atoms with E-state index in [2.05, 4.69) is 20.3 Å². The van der Waals surface area contributed by atoms with Crippen molar-refractivity contribution in [1.82, 2.24) is 20.3 Å². The zero-order chi connectivity index (χ0) is 29.4.